The third kappa shape index (κ3) is 3.94. The Morgan fingerprint density at radius 3 is 2.67 bits per heavy atom. The van der Waals surface area contributed by atoms with Crippen LogP contribution in [0.15, 0.2) is 35.8 Å². The van der Waals surface area contributed by atoms with Crippen molar-refractivity contribution in [2.45, 2.75) is 38.3 Å². The van der Waals surface area contributed by atoms with Gasteiger partial charge in [-0.2, -0.15) is 0 Å². The maximum Gasteiger partial charge on any atom is 0.251 e. The normalized spacial score (nSPS) is 16.8. The minimum atomic E-state index is -0.178. The highest BCUT2D eigenvalue weighted by atomic mass is 32.1. The van der Waals surface area contributed by atoms with Crippen molar-refractivity contribution in [1.29, 1.82) is 0 Å². The van der Waals surface area contributed by atoms with Crippen LogP contribution in [0.2, 0.25) is 0 Å². The fourth-order valence-corrected chi connectivity index (χ4v) is 3.71. The number of piperidine rings is 1. The average Bonchev–Trinajstić information content (AvgIpc) is 3.15. The SMILES string of the molecule is CCC(NC(=O)c1ccc(N2CCC(O)CC2)cc1)c1nccs1. The number of anilines is 1. The number of hydrogen-bond acceptors (Lipinski definition) is 5. The minimum Gasteiger partial charge on any atom is -0.393 e. The minimum absolute atomic E-state index is 0.0410. The van der Waals surface area contributed by atoms with E-state index in [9.17, 15) is 9.90 Å². The molecule has 2 heterocycles. The van der Waals surface area contributed by atoms with E-state index < -0.39 is 0 Å². The van der Waals surface area contributed by atoms with Crippen molar-refractivity contribution in [1.82, 2.24) is 10.3 Å². The summed E-state index contributed by atoms with van der Waals surface area (Å²) in [5.74, 6) is -0.0716. The lowest BCUT2D eigenvalue weighted by Gasteiger charge is -2.31. The van der Waals surface area contributed by atoms with Gasteiger partial charge in [0.15, 0.2) is 0 Å². The maximum atomic E-state index is 12.5. The molecule has 1 aromatic carbocycles. The summed E-state index contributed by atoms with van der Waals surface area (Å²) in [6.07, 6.45) is 4.00. The zero-order chi connectivity index (χ0) is 16.9. The lowest BCUT2D eigenvalue weighted by atomic mass is 10.1. The molecule has 2 N–H and O–H groups in total. The number of carbonyl (C=O) groups excluding carboxylic acids is 1. The van der Waals surface area contributed by atoms with Crippen molar-refractivity contribution >= 4 is 22.9 Å². The summed E-state index contributed by atoms with van der Waals surface area (Å²) in [6, 6.07) is 7.66. The number of rotatable bonds is 5. The van der Waals surface area contributed by atoms with E-state index in [0.717, 1.165) is 43.0 Å². The van der Waals surface area contributed by atoms with E-state index in [-0.39, 0.29) is 18.1 Å². The Morgan fingerprint density at radius 1 is 1.38 bits per heavy atom. The van der Waals surface area contributed by atoms with E-state index in [2.05, 4.69) is 15.2 Å². The molecule has 1 aromatic heterocycles. The van der Waals surface area contributed by atoms with Gasteiger partial charge in [0, 0.05) is 35.9 Å². The Morgan fingerprint density at radius 2 is 2.08 bits per heavy atom. The largest absolute Gasteiger partial charge is 0.393 e. The Bertz CT molecular complexity index is 649. The molecule has 1 unspecified atom stereocenters. The van der Waals surface area contributed by atoms with E-state index >= 15 is 0 Å². The van der Waals surface area contributed by atoms with Gasteiger partial charge in [0.2, 0.25) is 0 Å². The molecule has 0 saturated carbocycles. The first-order valence-electron chi connectivity index (χ1n) is 8.40. The molecule has 0 bridgehead atoms. The molecule has 1 aliphatic heterocycles. The lowest BCUT2D eigenvalue weighted by Crippen LogP contribution is -2.35. The van der Waals surface area contributed by atoms with Crippen LogP contribution in [0.5, 0.6) is 0 Å². The van der Waals surface area contributed by atoms with E-state index in [1.807, 2.05) is 36.6 Å². The highest BCUT2D eigenvalue weighted by Crippen LogP contribution is 2.22. The van der Waals surface area contributed by atoms with Crippen molar-refractivity contribution in [3.05, 3.63) is 46.4 Å². The number of aliphatic hydroxyl groups excluding tert-OH is 1. The first-order valence-corrected chi connectivity index (χ1v) is 9.28. The van der Waals surface area contributed by atoms with Crippen LogP contribution in [0, 0.1) is 0 Å². The molecule has 128 valence electrons. The number of aromatic nitrogens is 1. The first kappa shape index (κ1) is 16.9. The number of carbonyl (C=O) groups is 1. The molecular formula is C18H23N3O2S. The fraction of sp³-hybridized carbons (Fsp3) is 0.444. The van der Waals surface area contributed by atoms with Crippen LogP contribution >= 0.6 is 11.3 Å². The predicted octanol–water partition coefficient (Wildman–Crippen LogP) is 2.99. The molecule has 1 amide bonds. The number of hydrogen-bond donors (Lipinski definition) is 2. The number of amides is 1. The van der Waals surface area contributed by atoms with Gasteiger partial charge < -0.3 is 15.3 Å². The van der Waals surface area contributed by atoms with Crippen molar-refractivity contribution in [3.63, 3.8) is 0 Å². The second kappa shape index (κ2) is 7.77. The van der Waals surface area contributed by atoms with E-state index in [1.165, 1.54) is 0 Å². The molecule has 0 spiro atoms. The van der Waals surface area contributed by atoms with Crippen LogP contribution in [-0.4, -0.2) is 35.2 Å². The van der Waals surface area contributed by atoms with Crippen molar-refractivity contribution < 1.29 is 9.90 Å². The Kier molecular flexibility index (Phi) is 5.48. The molecule has 0 aliphatic carbocycles. The van der Waals surface area contributed by atoms with E-state index in [0.29, 0.717) is 5.56 Å². The fourth-order valence-electron chi connectivity index (χ4n) is 2.93. The summed E-state index contributed by atoms with van der Waals surface area (Å²) in [4.78, 5) is 19.0. The quantitative estimate of drug-likeness (QED) is 0.874. The van der Waals surface area contributed by atoms with Crippen LogP contribution in [-0.2, 0) is 0 Å². The molecule has 0 radical (unpaired) electrons. The summed E-state index contributed by atoms with van der Waals surface area (Å²) in [5, 5.41) is 15.5. The zero-order valence-corrected chi connectivity index (χ0v) is 14.6. The summed E-state index contributed by atoms with van der Waals surface area (Å²) >= 11 is 1.56. The lowest BCUT2D eigenvalue weighted by molar-refractivity contribution is 0.0935. The van der Waals surface area contributed by atoms with Crippen LogP contribution in [0.4, 0.5) is 5.69 Å². The third-order valence-corrected chi connectivity index (χ3v) is 5.31. The topological polar surface area (TPSA) is 65.5 Å². The Balaban J connectivity index is 1.63. The van der Waals surface area contributed by atoms with Crippen LogP contribution in [0.25, 0.3) is 0 Å². The standard InChI is InChI=1S/C18H23N3O2S/c1-2-16(18-19-9-12-24-18)20-17(23)13-3-5-14(6-4-13)21-10-7-15(22)8-11-21/h3-6,9,12,15-16,22H,2,7-8,10-11H2,1H3,(H,20,23). The molecule has 24 heavy (non-hydrogen) atoms. The molecule has 5 nitrogen and oxygen atoms in total. The summed E-state index contributed by atoms with van der Waals surface area (Å²) in [6.45, 7) is 3.75. The van der Waals surface area contributed by atoms with Gasteiger partial charge in [-0.05, 0) is 43.5 Å². The van der Waals surface area contributed by atoms with Crippen LogP contribution in [0.1, 0.15) is 47.6 Å². The molecule has 1 fully saturated rings. The molecule has 1 aliphatic rings. The van der Waals surface area contributed by atoms with Gasteiger partial charge in [0.05, 0.1) is 12.1 Å². The highest BCUT2D eigenvalue weighted by Gasteiger charge is 2.19. The number of thiazole rings is 1. The first-order chi connectivity index (χ1) is 11.7. The van der Waals surface area contributed by atoms with E-state index in [1.54, 1.807) is 17.5 Å². The van der Waals surface area contributed by atoms with Gasteiger partial charge in [0.25, 0.3) is 5.91 Å². The third-order valence-electron chi connectivity index (χ3n) is 4.42. The van der Waals surface area contributed by atoms with Crippen molar-refractivity contribution in [2.24, 2.45) is 0 Å². The molecule has 6 heteroatoms. The number of aliphatic hydroxyl groups is 1. The van der Waals surface area contributed by atoms with Gasteiger partial charge in [-0.25, -0.2) is 4.98 Å². The maximum absolute atomic E-state index is 12.5. The average molecular weight is 345 g/mol. The highest BCUT2D eigenvalue weighted by molar-refractivity contribution is 7.09. The second-order valence-electron chi connectivity index (χ2n) is 6.07. The van der Waals surface area contributed by atoms with Gasteiger partial charge in [0.1, 0.15) is 5.01 Å². The number of nitrogens with zero attached hydrogens (tertiary/aromatic N) is 2. The second-order valence-corrected chi connectivity index (χ2v) is 7.00. The summed E-state index contributed by atoms with van der Waals surface area (Å²) in [7, 11) is 0. The molecular weight excluding hydrogens is 322 g/mol. The van der Waals surface area contributed by atoms with Gasteiger partial charge in [-0.3, -0.25) is 4.79 Å². The van der Waals surface area contributed by atoms with Crippen molar-refractivity contribution in [3.8, 4) is 0 Å². The van der Waals surface area contributed by atoms with Crippen LogP contribution < -0.4 is 10.2 Å². The summed E-state index contributed by atoms with van der Waals surface area (Å²) < 4.78 is 0. The van der Waals surface area contributed by atoms with Gasteiger partial charge in [-0.1, -0.05) is 6.92 Å². The Labute approximate surface area is 146 Å². The number of benzene rings is 1. The molecule has 2 aromatic rings. The molecule has 1 saturated heterocycles. The Hall–Kier alpha value is -1.92. The summed E-state index contributed by atoms with van der Waals surface area (Å²) in [5.41, 5.74) is 1.76. The van der Waals surface area contributed by atoms with Gasteiger partial charge in [-0.15, -0.1) is 11.3 Å². The van der Waals surface area contributed by atoms with Crippen molar-refractivity contribution in [2.75, 3.05) is 18.0 Å². The monoisotopic (exact) mass is 345 g/mol. The smallest absolute Gasteiger partial charge is 0.251 e. The van der Waals surface area contributed by atoms with Crippen LogP contribution in [0.3, 0.4) is 0 Å². The number of nitrogens with one attached hydrogen (secondary N) is 1. The zero-order valence-electron chi connectivity index (χ0n) is 13.8. The van der Waals surface area contributed by atoms with Gasteiger partial charge >= 0.3 is 0 Å². The predicted molar refractivity (Wildman–Crippen MR) is 96.5 cm³/mol. The molecule has 1 atom stereocenters. The van der Waals surface area contributed by atoms with E-state index in [4.69, 9.17) is 0 Å². The molecule has 3 rings (SSSR count).